The molecule has 0 bridgehead atoms. The smallest absolute Gasteiger partial charge is 0.190 e. The Bertz CT molecular complexity index is 517. The molecule has 0 aliphatic carbocycles. The Morgan fingerprint density at radius 3 is 2.77 bits per heavy atom. The second-order valence-electron chi connectivity index (χ2n) is 6.48. The van der Waals surface area contributed by atoms with Crippen LogP contribution in [0.2, 0.25) is 0 Å². The number of halogens is 1. The van der Waals surface area contributed by atoms with Gasteiger partial charge in [0, 0.05) is 51.3 Å². The van der Waals surface area contributed by atoms with Gasteiger partial charge in [-0.3, -0.25) is 4.99 Å². The quantitative estimate of drug-likeness (QED) is 0.313. The molecular formula is C18H34IN5OS. The third-order valence-corrected chi connectivity index (χ3v) is 5.88. The minimum atomic E-state index is 0. The van der Waals surface area contributed by atoms with E-state index >= 15 is 0 Å². The number of ether oxygens (including phenoxy) is 1. The molecule has 1 aliphatic rings. The molecule has 0 unspecified atom stereocenters. The Hall–Kier alpha value is -0.450. The number of thiazole rings is 1. The van der Waals surface area contributed by atoms with Crippen LogP contribution in [0.4, 0.5) is 0 Å². The maximum atomic E-state index is 5.16. The summed E-state index contributed by atoms with van der Waals surface area (Å²) in [4.78, 5) is 12.6. The number of guanidine groups is 1. The van der Waals surface area contributed by atoms with Gasteiger partial charge in [0.05, 0.1) is 11.6 Å². The molecule has 6 nitrogen and oxygen atoms in total. The molecule has 0 aromatic carbocycles. The average Bonchev–Trinajstić information content (AvgIpc) is 3.11. The van der Waals surface area contributed by atoms with Crippen molar-refractivity contribution in [1.29, 1.82) is 0 Å². The normalized spacial score (nSPS) is 16.3. The third kappa shape index (κ3) is 8.49. The first kappa shape index (κ1) is 23.6. The van der Waals surface area contributed by atoms with Gasteiger partial charge in [0.25, 0.3) is 0 Å². The molecule has 1 aliphatic heterocycles. The predicted molar refractivity (Wildman–Crippen MR) is 121 cm³/mol. The second kappa shape index (κ2) is 13.7. The molecule has 0 amide bonds. The molecule has 2 N–H and O–H groups in total. The molecule has 1 fully saturated rings. The zero-order valence-electron chi connectivity index (χ0n) is 16.3. The highest BCUT2D eigenvalue weighted by Gasteiger charge is 2.18. The van der Waals surface area contributed by atoms with Crippen LogP contribution >= 0.6 is 35.3 Å². The maximum absolute atomic E-state index is 5.16. The van der Waals surface area contributed by atoms with E-state index in [-0.39, 0.29) is 24.0 Å². The van der Waals surface area contributed by atoms with Gasteiger partial charge in [0.1, 0.15) is 0 Å². The van der Waals surface area contributed by atoms with Crippen LogP contribution in [0.15, 0.2) is 11.2 Å². The summed E-state index contributed by atoms with van der Waals surface area (Å²) in [6.07, 6.45) is 6.49. The summed E-state index contributed by atoms with van der Waals surface area (Å²) in [6.45, 7) is 8.26. The first-order chi connectivity index (χ1) is 12.2. The number of nitrogens with zero attached hydrogens (tertiary/aromatic N) is 3. The number of rotatable bonds is 9. The molecule has 0 spiro atoms. The number of aromatic nitrogens is 1. The van der Waals surface area contributed by atoms with Crippen molar-refractivity contribution in [2.24, 2.45) is 10.9 Å². The Labute approximate surface area is 179 Å². The van der Waals surface area contributed by atoms with E-state index in [1.807, 2.05) is 24.6 Å². The lowest BCUT2D eigenvalue weighted by molar-refractivity contribution is 0.121. The van der Waals surface area contributed by atoms with Crippen molar-refractivity contribution >= 4 is 41.3 Å². The first-order valence-electron chi connectivity index (χ1n) is 9.34. The van der Waals surface area contributed by atoms with E-state index in [0.29, 0.717) is 0 Å². The molecule has 0 atom stereocenters. The fourth-order valence-electron chi connectivity index (χ4n) is 3.01. The average molecular weight is 495 g/mol. The summed E-state index contributed by atoms with van der Waals surface area (Å²) in [7, 11) is 3.60. The van der Waals surface area contributed by atoms with Gasteiger partial charge in [-0.1, -0.05) is 6.92 Å². The highest BCUT2D eigenvalue weighted by atomic mass is 127. The van der Waals surface area contributed by atoms with E-state index in [4.69, 9.17) is 4.74 Å². The van der Waals surface area contributed by atoms with Gasteiger partial charge in [-0.05, 0) is 38.3 Å². The molecule has 150 valence electrons. The lowest BCUT2D eigenvalue weighted by Gasteiger charge is -2.32. The monoisotopic (exact) mass is 495 g/mol. The molecule has 1 aromatic heterocycles. The van der Waals surface area contributed by atoms with Gasteiger partial charge in [-0.15, -0.1) is 35.3 Å². The van der Waals surface area contributed by atoms with Crippen molar-refractivity contribution in [2.45, 2.75) is 32.6 Å². The molecule has 2 heterocycles. The largest absolute Gasteiger partial charge is 0.383 e. The Kier molecular flexibility index (Phi) is 12.4. The molecule has 0 radical (unpaired) electrons. The third-order valence-electron chi connectivity index (χ3n) is 4.68. The molecule has 1 aromatic rings. The van der Waals surface area contributed by atoms with Crippen molar-refractivity contribution < 1.29 is 4.74 Å². The van der Waals surface area contributed by atoms with E-state index < -0.39 is 0 Å². The van der Waals surface area contributed by atoms with Crippen molar-refractivity contribution in [3.05, 3.63) is 16.1 Å². The summed E-state index contributed by atoms with van der Waals surface area (Å²) in [6, 6.07) is 0. The van der Waals surface area contributed by atoms with Crippen LogP contribution in [0.1, 0.15) is 29.7 Å². The van der Waals surface area contributed by atoms with Gasteiger partial charge in [0.15, 0.2) is 5.96 Å². The number of methoxy groups -OCH3 is 1. The van der Waals surface area contributed by atoms with Crippen LogP contribution in [0.3, 0.4) is 0 Å². The van der Waals surface area contributed by atoms with E-state index in [1.165, 1.54) is 35.8 Å². The number of nitrogens with one attached hydrogen (secondary N) is 2. The maximum Gasteiger partial charge on any atom is 0.190 e. The van der Waals surface area contributed by atoms with Crippen LogP contribution in [0.5, 0.6) is 0 Å². The Balaban J connectivity index is 0.00000338. The molecule has 2 rings (SSSR count). The Morgan fingerprint density at radius 1 is 1.38 bits per heavy atom. The topological polar surface area (TPSA) is 61.8 Å². The number of likely N-dealkylation sites (tertiary alicyclic amines) is 1. The lowest BCUT2D eigenvalue weighted by atomic mass is 9.97. The fourth-order valence-corrected chi connectivity index (χ4v) is 3.87. The zero-order valence-corrected chi connectivity index (χ0v) is 19.4. The lowest BCUT2D eigenvalue weighted by Crippen LogP contribution is -2.43. The minimum Gasteiger partial charge on any atom is -0.383 e. The number of aryl methyl sites for hydroxylation is 1. The summed E-state index contributed by atoms with van der Waals surface area (Å²) >= 11 is 1.81. The van der Waals surface area contributed by atoms with E-state index in [2.05, 4.69) is 32.4 Å². The molecule has 26 heavy (non-hydrogen) atoms. The van der Waals surface area contributed by atoms with Crippen molar-refractivity contribution in [2.75, 3.05) is 53.5 Å². The van der Waals surface area contributed by atoms with Crippen LogP contribution in [0, 0.1) is 5.92 Å². The number of hydrogen-bond donors (Lipinski definition) is 2. The van der Waals surface area contributed by atoms with Crippen molar-refractivity contribution in [3.8, 4) is 0 Å². The summed E-state index contributed by atoms with van der Waals surface area (Å²) < 4.78 is 5.16. The fraction of sp³-hybridized carbons (Fsp3) is 0.778. The first-order valence-corrected chi connectivity index (χ1v) is 10.2. The van der Waals surface area contributed by atoms with Gasteiger partial charge in [-0.25, -0.2) is 4.98 Å². The van der Waals surface area contributed by atoms with Gasteiger partial charge >= 0.3 is 0 Å². The standard InChI is InChI=1S/C18H33N5OS.HI/c1-4-16-14-21-17(25-16)5-8-20-18(19-2)22-13-15-6-9-23(10-7-15)11-12-24-3;/h14-15H,4-13H2,1-3H3,(H2,19,20,22);1H. The van der Waals surface area contributed by atoms with Gasteiger partial charge in [-0.2, -0.15) is 0 Å². The van der Waals surface area contributed by atoms with E-state index in [1.54, 1.807) is 7.11 Å². The van der Waals surface area contributed by atoms with E-state index in [9.17, 15) is 0 Å². The van der Waals surface area contributed by atoms with Crippen LogP contribution in [-0.2, 0) is 17.6 Å². The van der Waals surface area contributed by atoms with Gasteiger partial charge < -0.3 is 20.3 Å². The summed E-state index contributed by atoms with van der Waals surface area (Å²) in [5.41, 5.74) is 0. The SMILES string of the molecule is CCc1cnc(CCNC(=NC)NCC2CCN(CCOC)CC2)s1.I. The van der Waals surface area contributed by atoms with Crippen LogP contribution < -0.4 is 10.6 Å². The molecule has 1 saturated heterocycles. The van der Waals surface area contributed by atoms with E-state index in [0.717, 1.165) is 51.0 Å². The highest BCUT2D eigenvalue weighted by molar-refractivity contribution is 14.0. The van der Waals surface area contributed by atoms with Crippen molar-refractivity contribution in [1.82, 2.24) is 20.5 Å². The summed E-state index contributed by atoms with van der Waals surface area (Å²) in [5, 5.41) is 8.08. The number of aliphatic imine (C=N–C) groups is 1. The molecule has 8 heteroatoms. The highest BCUT2D eigenvalue weighted by Crippen LogP contribution is 2.16. The number of hydrogen-bond acceptors (Lipinski definition) is 5. The minimum absolute atomic E-state index is 0. The molecule has 0 saturated carbocycles. The predicted octanol–water partition coefficient (Wildman–Crippen LogP) is 2.39. The number of piperidine rings is 1. The molecular weight excluding hydrogens is 461 g/mol. The Morgan fingerprint density at radius 2 is 2.15 bits per heavy atom. The second-order valence-corrected chi connectivity index (χ2v) is 7.68. The van der Waals surface area contributed by atoms with Crippen LogP contribution in [0.25, 0.3) is 0 Å². The zero-order chi connectivity index (χ0) is 17.9. The van der Waals surface area contributed by atoms with Crippen molar-refractivity contribution in [3.63, 3.8) is 0 Å². The van der Waals surface area contributed by atoms with Gasteiger partial charge in [0.2, 0.25) is 0 Å². The summed E-state index contributed by atoms with van der Waals surface area (Å²) in [5.74, 6) is 1.62. The van der Waals surface area contributed by atoms with Crippen LogP contribution in [-0.4, -0.2) is 69.3 Å².